The first kappa shape index (κ1) is 24.5. The third-order valence-electron chi connectivity index (χ3n) is 4.70. The van der Waals surface area contributed by atoms with Gasteiger partial charge in [0.2, 0.25) is 10.0 Å². The Morgan fingerprint density at radius 1 is 1.30 bits per heavy atom. The summed E-state index contributed by atoms with van der Waals surface area (Å²) in [6, 6.07) is 6.11. The SMILES string of the molecule is CN=C(NCc1ccc(F)c(CO)c1)N1CCN(S(=O)(=O)Cc2ccon2)CC1.I. The number of aliphatic hydroxyl groups is 1. The highest BCUT2D eigenvalue weighted by molar-refractivity contribution is 14.0. The van der Waals surface area contributed by atoms with Gasteiger partial charge in [-0.05, 0) is 17.7 Å². The van der Waals surface area contributed by atoms with E-state index in [-0.39, 0.29) is 41.9 Å². The first-order valence-electron chi connectivity index (χ1n) is 9.14. The summed E-state index contributed by atoms with van der Waals surface area (Å²) >= 11 is 0. The highest BCUT2D eigenvalue weighted by atomic mass is 127. The number of piperazine rings is 1. The Kier molecular flexibility index (Phi) is 9.00. The lowest BCUT2D eigenvalue weighted by Crippen LogP contribution is -2.53. The number of nitrogens with zero attached hydrogens (tertiary/aromatic N) is 4. The van der Waals surface area contributed by atoms with E-state index in [0.717, 1.165) is 5.56 Å². The lowest BCUT2D eigenvalue weighted by atomic mass is 10.1. The standard InChI is InChI=1S/C18H24FN5O4S.HI/c1-20-18(21-11-14-2-3-17(19)15(10-14)12-25)23-5-7-24(8-6-23)29(26,27)13-16-4-9-28-22-16;/h2-4,9-10,25H,5-8,11-13H2,1H3,(H,20,21);1H. The Balaban J connectivity index is 0.00000320. The second-order valence-electron chi connectivity index (χ2n) is 6.62. The minimum atomic E-state index is -3.46. The molecule has 1 aromatic carbocycles. The monoisotopic (exact) mass is 553 g/mol. The summed E-state index contributed by atoms with van der Waals surface area (Å²) in [5.74, 6) is 0.00539. The van der Waals surface area contributed by atoms with E-state index in [2.05, 4.69) is 15.5 Å². The molecule has 0 atom stereocenters. The quantitative estimate of drug-likeness (QED) is 0.314. The van der Waals surface area contributed by atoms with Crippen molar-refractivity contribution in [2.24, 2.45) is 4.99 Å². The van der Waals surface area contributed by atoms with E-state index in [1.165, 1.54) is 22.7 Å². The van der Waals surface area contributed by atoms with Crippen molar-refractivity contribution in [3.8, 4) is 0 Å². The number of guanidine groups is 1. The fourth-order valence-electron chi connectivity index (χ4n) is 3.14. The van der Waals surface area contributed by atoms with Crippen molar-refractivity contribution in [3.63, 3.8) is 0 Å². The van der Waals surface area contributed by atoms with Crippen molar-refractivity contribution in [3.05, 3.63) is 53.2 Å². The molecule has 0 amide bonds. The molecule has 1 fully saturated rings. The van der Waals surface area contributed by atoms with Gasteiger partial charge in [0.1, 0.15) is 17.8 Å². The molecule has 3 rings (SSSR count). The van der Waals surface area contributed by atoms with Crippen LogP contribution < -0.4 is 5.32 Å². The third kappa shape index (κ3) is 6.12. The summed E-state index contributed by atoms with van der Waals surface area (Å²) in [6.45, 7) is 1.70. The lowest BCUT2D eigenvalue weighted by molar-refractivity contribution is 0.259. The van der Waals surface area contributed by atoms with Gasteiger partial charge in [-0.25, -0.2) is 12.8 Å². The van der Waals surface area contributed by atoms with Crippen molar-refractivity contribution in [1.29, 1.82) is 0 Å². The van der Waals surface area contributed by atoms with Crippen LogP contribution in [0, 0.1) is 5.82 Å². The number of aliphatic hydroxyl groups excluding tert-OH is 1. The Hall–Kier alpha value is -1.77. The maximum absolute atomic E-state index is 13.5. The minimum absolute atomic E-state index is 0. The fraction of sp³-hybridized carbons (Fsp3) is 0.444. The zero-order chi connectivity index (χ0) is 20.9. The molecule has 0 spiro atoms. The molecule has 9 nitrogen and oxygen atoms in total. The predicted octanol–water partition coefficient (Wildman–Crippen LogP) is 1.15. The van der Waals surface area contributed by atoms with Crippen LogP contribution in [-0.4, -0.2) is 67.1 Å². The van der Waals surface area contributed by atoms with Gasteiger partial charge in [-0.15, -0.1) is 24.0 Å². The third-order valence-corrected chi connectivity index (χ3v) is 6.51. The first-order chi connectivity index (χ1) is 13.9. The number of aliphatic imine (C=N–C) groups is 1. The van der Waals surface area contributed by atoms with Gasteiger partial charge in [-0.1, -0.05) is 11.2 Å². The van der Waals surface area contributed by atoms with Crippen LogP contribution in [0.2, 0.25) is 0 Å². The van der Waals surface area contributed by atoms with Crippen molar-refractivity contribution < 1.29 is 22.4 Å². The second-order valence-corrected chi connectivity index (χ2v) is 8.59. The summed E-state index contributed by atoms with van der Waals surface area (Å²) in [5.41, 5.74) is 1.43. The smallest absolute Gasteiger partial charge is 0.220 e. The van der Waals surface area contributed by atoms with E-state index in [1.807, 2.05) is 4.90 Å². The number of hydrogen-bond donors (Lipinski definition) is 2. The van der Waals surface area contributed by atoms with E-state index in [1.54, 1.807) is 19.2 Å². The maximum Gasteiger partial charge on any atom is 0.220 e. The van der Waals surface area contributed by atoms with Gasteiger partial charge in [-0.3, -0.25) is 4.99 Å². The number of halogens is 2. The zero-order valence-corrected chi connectivity index (χ0v) is 19.6. The number of nitrogens with one attached hydrogen (secondary N) is 1. The average Bonchev–Trinajstić information content (AvgIpc) is 3.22. The molecule has 2 aromatic rings. The molecule has 166 valence electrons. The maximum atomic E-state index is 13.5. The highest BCUT2D eigenvalue weighted by Crippen LogP contribution is 2.14. The molecule has 1 aliphatic heterocycles. The van der Waals surface area contributed by atoms with Gasteiger partial charge in [-0.2, -0.15) is 4.31 Å². The van der Waals surface area contributed by atoms with Crippen LogP contribution in [0.1, 0.15) is 16.8 Å². The number of sulfonamides is 1. The minimum Gasteiger partial charge on any atom is -0.392 e. The number of aromatic nitrogens is 1. The lowest BCUT2D eigenvalue weighted by Gasteiger charge is -2.35. The molecule has 0 bridgehead atoms. The summed E-state index contributed by atoms with van der Waals surface area (Å²) in [5, 5.41) is 16.0. The van der Waals surface area contributed by atoms with Crippen molar-refractivity contribution in [2.45, 2.75) is 18.9 Å². The van der Waals surface area contributed by atoms with Crippen LogP contribution in [0.4, 0.5) is 4.39 Å². The molecule has 2 N–H and O–H groups in total. The van der Waals surface area contributed by atoms with Gasteiger partial charge >= 0.3 is 0 Å². The Morgan fingerprint density at radius 3 is 2.63 bits per heavy atom. The molecule has 12 heteroatoms. The molecule has 1 aromatic heterocycles. The molecule has 1 aliphatic rings. The summed E-state index contributed by atoms with van der Waals surface area (Å²) in [7, 11) is -1.81. The van der Waals surface area contributed by atoms with Gasteiger partial charge in [0.05, 0.1) is 12.3 Å². The van der Waals surface area contributed by atoms with Crippen LogP contribution in [0.15, 0.2) is 40.0 Å². The van der Waals surface area contributed by atoms with Crippen LogP contribution in [0.3, 0.4) is 0 Å². The molecule has 1 saturated heterocycles. The molecule has 0 aliphatic carbocycles. The predicted molar refractivity (Wildman–Crippen MR) is 120 cm³/mol. The van der Waals surface area contributed by atoms with Gasteiger partial charge in [0.15, 0.2) is 5.96 Å². The topological polar surface area (TPSA) is 111 Å². The number of hydrogen-bond acceptors (Lipinski definition) is 6. The summed E-state index contributed by atoms with van der Waals surface area (Å²) in [6.07, 6.45) is 1.35. The van der Waals surface area contributed by atoms with E-state index in [4.69, 9.17) is 4.52 Å². The molecule has 0 saturated carbocycles. The summed E-state index contributed by atoms with van der Waals surface area (Å²) < 4.78 is 44.7. The van der Waals surface area contributed by atoms with Gasteiger partial charge < -0.3 is 19.8 Å². The Morgan fingerprint density at radius 2 is 2.03 bits per heavy atom. The molecular weight excluding hydrogens is 528 g/mol. The number of rotatable bonds is 6. The molecule has 2 heterocycles. The van der Waals surface area contributed by atoms with E-state index in [9.17, 15) is 17.9 Å². The molecule has 30 heavy (non-hydrogen) atoms. The van der Waals surface area contributed by atoms with Crippen molar-refractivity contribution in [1.82, 2.24) is 19.7 Å². The first-order valence-corrected chi connectivity index (χ1v) is 10.7. The van der Waals surface area contributed by atoms with E-state index >= 15 is 0 Å². The van der Waals surface area contributed by atoms with Crippen LogP contribution in [0.5, 0.6) is 0 Å². The normalized spacial score (nSPS) is 15.7. The van der Waals surface area contributed by atoms with Gasteiger partial charge in [0.25, 0.3) is 0 Å². The van der Waals surface area contributed by atoms with Gasteiger partial charge in [0, 0.05) is 51.4 Å². The second kappa shape index (κ2) is 11.0. The average molecular weight is 553 g/mol. The Bertz CT molecular complexity index is 947. The van der Waals surface area contributed by atoms with E-state index < -0.39 is 15.8 Å². The van der Waals surface area contributed by atoms with Crippen molar-refractivity contribution in [2.75, 3.05) is 33.2 Å². The highest BCUT2D eigenvalue weighted by Gasteiger charge is 2.28. The number of benzene rings is 1. The van der Waals surface area contributed by atoms with Crippen LogP contribution in [-0.2, 0) is 28.9 Å². The van der Waals surface area contributed by atoms with Crippen LogP contribution in [0.25, 0.3) is 0 Å². The fourth-order valence-corrected chi connectivity index (χ4v) is 4.57. The molecular formula is C18H25FIN5O4S. The largest absolute Gasteiger partial charge is 0.392 e. The van der Waals surface area contributed by atoms with Crippen molar-refractivity contribution >= 4 is 40.0 Å². The summed E-state index contributed by atoms with van der Waals surface area (Å²) in [4.78, 5) is 6.22. The van der Waals surface area contributed by atoms with Crippen LogP contribution >= 0.6 is 24.0 Å². The zero-order valence-electron chi connectivity index (χ0n) is 16.5. The van der Waals surface area contributed by atoms with E-state index in [0.29, 0.717) is 44.4 Å². The molecule has 0 radical (unpaired) electrons. The molecule has 0 unspecified atom stereocenters. The Labute approximate surface area is 192 Å².